The lowest BCUT2D eigenvalue weighted by Gasteiger charge is -2.43. The normalized spacial score (nSPS) is 23.7. The minimum atomic E-state index is -3.64. The van der Waals surface area contributed by atoms with Gasteiger partial charge in [0.15, 0.2) is 9.84 Å². The Morgan fingerprint density at radius 2 is 1.71 bits per heavy atom. The maximum Gasteiger partial charge on any atom is 0.270 e. The van der Waals surface area contributed by atoms with Crippen molar-refractivity contribution in [3.05, 3.63) is 29.8 Å². The van der Waals surface area contributed by atoms with Crippen molar-refractivity contribution in [1.82, 2.24) is 0 Å². The van der Waals surface area contributed by atoms with E-state index in [1.165, 1.54) is 18.2 Å². The quantitative estimate of drug-likeness (QED) is 0.825. The summed E-state index contributed by atoms with van der Waals surface area (Å²) in [7, 11) is -3.64. The van der Waals surface area contributed by atoms with Crippen LogP contribution in [0, 0.1) is 11.8 Å². The fourth-order valence-electron chi connectivity index (χ4n) is 2.93. The van der Waals surface area contributed by atoms with Gasteiger partial charge in [-0.3, -0.25) is 0 Å². The van der Waals surface area contributed by atoms with Crippen molar-refractivity contribution in [3.63, 3.8) is 0 Å². The number of halogens is 2. The lowest BCUT2D eigenvalue weighted by molar-refractivity contribution is 0.0172. The predicted octanol–water partition coefficient (Wildman–Crippen LogP) is 4.40. The molecule has 0 amide bonds. The van der Waals surface area contributed by atoms with Crippen LogP contribution in [0.1, 0.15) is 46.1 Å². The number of rotatable bonds is 4. The van der Waals surface area contributed by atoms with Gasteiger partial charge in [-0.1, -0.05) is 19.1 Å². The largest absolute Gasteiger partial charge is 0.270 e. The van der Waals surface area contributed by atoms with Crippen molar-refractivity contribution in [2.75, 3.05) is 0 Å². The van der Waals surface area contributed by atoms with Crippen LogP contribution >= 0.6 is 0 Å². The number of benzene rings is 1. The summed E-state index contributed by atoms with van der Waals surface area (Å²) in [6.07, 6.45) is 1.74. The van der Waals surface area contributed by atoms with Crippen molar-refractivity contribution >= 4 is 9.84 Å². The molecule has 0 aromatic heterocycles. The summed E-state index contributed by atoms with van der Waals surface area (Å²) in [6, 6.07) is 5.17. The van der Waals surface area contributed by atoms with Crippen molar-refractivity contribution in [2.45, 2.75) is 56.1 Å². The van der Waals surface area contributed by atoms with Crippen LogP contribution in [-0.2, 0) is 15.8 Å². The van der Waals surface area contributed by atoms with E-state index in [4.69, 9.17) is 0 Å². The van der Waals surface area contributed by atoms with Gasteiger partial charge >= 0.3 is 0 Å². The van der Waals surface area contributed by atoms with Gasteiger partial charge in [0.25, 0.3) is 5.92 Å². The summed E-state index contributed by atoms with van der Waals surface area (Å²) < 4.78 is 51.6. The van der Waals surface area contributed by atoms with E-state index in [2.05, 4.69) is 6.92 Å². The van der Waals surface area contributed by atoms with Gasteiger partial charge in [-0.25, -0.2) is 17.2 Å². The van der Waals surface area contributed by atoms with Crippen molar-refractivity contribution in [3.8, 4) is 0 Å². The molecule has 0 atom stereocenters. The van der Waals surface area contributed by atoms with Crippen LogP contribution in [0.15, 0.2) is 29.2 Å². The van der Waals surface area contributed by atoms with Crippen molar-refractivity contribution in [2.24, 2.45) is 11.8 Å². The molecule has 0 saturated heterocycles. The Labute approximate surface area is 125 Å². The van der Waals surface area contributed by atoms with Crippen LogP contribution in [0.4, 0.5) is 8.78 Å². The van der Waals surface area contributed by atoms with Crippen LogP contribution in [0.2, 0.25) is 0 Å². The number of alkyl halides is 2. The molecule has 0 heterocycles. The first-order chi connectivity index (χ1) is 9.46. The number of hydrogen-bond donors (Lipinski definition) is 0. The van der Waals surface area contributed by atoms with Gasteiger partial charge in [-0.2, -0.15) is 0 Å². The molecular formula is C16H22F2O2S. The van der Waals surface area contributed by atoms with Crippen LogP contribution in [0.3, 0.4) is 0 Å². The topological polar surface area (TPSA) is 34.1 Å². The molecule has 1 aliphatic rings. The van der Waals surface area contributed by atoms with Gasteiger partial charge < -0.3 is 0 Å². The summed E-state index contributed by atoms with van der Waals surface area (Å²) >= 11 is 0. The summed E-state index contributed by atoms with van der Waals surface area (Å²) in [5.74, 6) is -2.42. The lowest BCUT2D eigenvalue weighted by Crippen LogP contribution is -2.45. The van der Waals surface area contributed by atoms with Crippen molar-refractivity contribution in [1.29, 1.82) is 0 Å². The van der Waals surface area contributed by atoms with E-state index >= 15 is 0 Å². The second-order valence-electron chi connectivity index (χ2n) is 6.80. The third-order valence-corrected chi connectivity index (χ3v) is 7.29. The molecule has 0 spiro atoms. The first-order valence-corrected chi connectivity index (χ1v) is 8.67. The summed E-state index contributed by atoms with van der Waals surface area (Å²) in [4.78, 5) is -0.00826. The zero-order chi connectivity index (χ0) is 16.1. The van der Waals surface area contributed by atoms with E-state index < -0.39 is 20.5 Å². The van der Waals surface area contributed by atoms with Crippen LogP contribution in [0.5, 0.6) is 0 Å². The van der Waals surface area contributed by atoms with Gasteiger partial charge in [0.2, 0.25) is 0 Å². The van der Waals surface area contributed by atoms with Crippen LogP contribution < -0.4 is 0 Å². The number of sulfone groups is 1. The Morgan fingerprint density at radius 3 is 2.19 bits per heavy atom. The molecule has 2 rings (SSSR count). The first kappa shape index (κ1) is 16.4. The fraction of sp³-hybridized carbons (Fsp3) is 0.625. The van der Waals surface area contributed by atoms with E-state index in [0.29, 0.717) is 5.92 Å². The van der Waals surface area contributed by atoms with Gasteiger partial charge in [0, 0.05) is 12.5 Å². The fourth-order valence-corrected chi connectivity index (χ4v) is 4.71. The third-order valence-electron chi connectivity index (χ3n) is 4.70. The van der Waals surface area contributed by atoms with Gasteiger partial charge in [0.1, 0.15) is 0 Å². The van der Waals surface area contributed by atoms with E-state index in [0.717, 1.165) is 25.8 Å². The van der Waals surface area contributed by atoms with E-state index in [1.807, 2.05) is 0 Å². The highest BCUT2D eigenvalue weighted by Gasteiger charge is 2.47. The molecule has 1 aliphatic carbocycles. The predicted molar refractivity (Wildman–Crippen MR) is 79.2 cm³/mol. The molecule has 1 aromatic rings. The maximum absolute atomic E-state index is 13.4. The molecular weight excluding hydrogens is 294 g/mol. The molecule has 1 fully saturated rings. The average molecular weight is 316 g/mol. The molecule has 0 unspecified atom stereocenters. The van der Waals surface area contributed by atoms with Crippen LogP contribution in [-0.4, -0.2) is 13.2 Å². The Kier molecular flexibility index (Phi) is 3.94. The highest BCUT2D eigenvalue weighted by Crippen LogP contribution is 2.46. The summed E-state index contributed by atoms with van der Waals surface area (Å²) in [6.45, 7) is 6.28. The molecule has 0 N–H and O–H groups in total. The lowest BCUT2D eigenvalue weighted by atomic mass is 9.70. The highest BCUT2D eigenvalue weighted by molar-refractivity contribution is 7.92. The Balaban J connectivity index is 2.40. The Hall–Kier alpha value is -0.970. The van der Waals surface area contributed by atoms with Gasteiger partial charge in [0.05, 0.1) is 9.64 Å². The SMILES string of the molecule is CC1CC(C(C)(C)S(=O)(=O)c2cccc(C(C)(F)F)c2)C1. The van der Waals surface area contributed by atoms with E-state index in [-0.39, 0.29) is 16.4 Å². The third kappa shape index (κ3) is 2.85. The van der Waals surface area contributed by atoms with E-state index in [9.17, 15) is 17.2 Å². The molecule has 118 valence electrons. The number of hydrogen-bond acceptors (Lipinski definition) is 2. The Morgan fingerprint density at radius 1 is 1.14 bits per heavy atom. The average Bonchev–Trinajstić information content (AvgIpc) is 2.34. The second kappa shape index (κ2) is 5.04. The smallest absolute Gasteiger partial charge is 0.223 e. The molecule has 0 aliphatic heterocycles. The summed E-state index contributed by atoms with van der Waals surface area (Å²) in [5.41, 5.74) is -0.263. The molecule has 21 heavy (non-hydrogen) atoms. The summed E-state index contributed by atoms with van der Waals surface area (Å²) in [5, 5.41) is 0. The van der Waals surface area contributed by atoms with Gasteiger partial charge in [-0.05, 0) is 50.7 Å². The molecule has 5 heteroatoms. The Bertz CT molecular complexity index is 624. The standard InChI is InChI=1S/C16H22F2O2S/c1-11-8-13(9-11)15(2,3)21(19,20)14-7-5-6-12(10-14)16(4,17)18/h5-7,10-11,13H,8-9H2,1-4H3. The van der Waals surface area contributed by atoms with E-state index in [1.54, 1.807) is 13.8 Å². The second-order valence-corrected chi connectivity index (χ2v) is 9.33. The molecule has 0 bridgehead atoms. The molecule has 1 aromatic carbocycles. The molecule has 1 saturated carbocycles. The zero-order valence-corrected chi connectivity index (χ0v) is 13.7. The molecule has 2 nitrogen and oxygen atoms in total. The van der Waals surface area contributed by atoms with Crippen molar-refractivity contribution < 1.29 is 17.2 Å². The minimum Gasteiger partial charge on any atom is -0.223 e. The molecule has 0 radical (unpaired) electrons. The minimum absolute atomic E-state index is 0.00826. The van der Waals surface area contributed by atoms with Crippen LogP contribution in [0.25, 0.3) is 0 Å². The zero-order valence-electron chi connectivity index (χ0n) is 12.9. The van der Waals surface area contributed by atoms with Gasteiger partial charge in [-0.15, -0.1) is 0 Å². The first-order valence-electron chi connectivity index (χ1n) is 7.19. The monoisotopic (exact) mass is 316 g/mol. The highest BCUT2D eigenvalue weighted by atomic mass is 32.2. The maximum atomic E-state index is 13.4.